The van der Waals surface area contributed by atoms with Crippen LogP contribution in [-0.2, 0) is 4.79 Å². The van der Waals surface area contributed by atoms with Gasteiger partial charge in [0.1, 0.15) is 0 Å². The van der Waals surface area contributed by atoms with Crippen molar-refractivity contribution in [2.45, 2.75) is 0 Å². The number of hydrogen-bond acceptors (Lipinski definition) is 3. The van der Waals surface area contributed by atoms with Gasteiger partial charge in [0.2, 0.25) is 5.91 Å². The highest BCUT2D eigenvalue weighted by Crippen LogP contribution is 2.19. The zero-order chi connectivity index (χ0) is 10.6. The molecule has 0 aliphatic carbocycles. The SMILES string of the molecule is CSCC(=O)Nc1ccc(O)c(F)c1. The summed E-state index contributed by atoms with van der Waals surface area (Å²) in [4.78, 5) is 11.1. The molecule has 5 heteroatoms. The molecule has 0 aliphatic rings. The van der Waals surface area contributed by atoms with Gasteiger partial charge in [-0.1, -0.05) is 0 Å². The van der Waals surface area contributed by atoms with Gasteiger partial charge in [0.25, 0.3) is 0 Å². The summed E-state index contributed by atoms with van der Waals surface area (Å²) in [5.41, 5.74) is 0.347. The number of nitrogens with one attached hydrogen (secondary N) is 1. The normalized spacial score (nSPS) is 9.86. The van der Waals surface area contributed by atoms with Crippen LogP contribution in [-0.4, -0.2) is 23.0 Å². The Bertz CT molecular complexity index is 344. The molecule has 0 spiro atoms. The molecule has 0 aromatic heterocycles. The molecular formula is C9H10FNO2S. The van der Waals surface area contributed by atoms with Gasteiger partial charge in [-0.25, -0.2) is 4.39 Å². The minimum Gasteiger partial charge on any atom is -0.505 e. The highest BCUT2D eigenvalue weighted by Gasteiger charge is 2.04. The summed E-state index contributed by atoms with van der Waals surface area (Å²) in [5.74, 6) is -1.04. The lowest BCUT2D eigenvalue weighted by Crippen LogP contribution is -2.13. The molecule has 0 unspecified atom stereocenters. The van der Waals surface area contributed by atoms with Crippen LogP contribution in [0.15, 0.2) is 18.2 Å². The van der Waals surface area contributed by atoms with Crippen LogP contribution < -0.4 is 5.32 Å². The Balaban J connectivity index is 2.68. The van der Waals surface area contributed by atoms with Crippen LogP contribution in [0.3, 0.4) is 0 Å². The number of phenols is 1. The Morgan fingerprint density at radius 1 is 1.64 bits per heavy atom. The number of thioether (sulfide) groups is 1. The lowest BCUT2D eigenvalue weighted by atomic mass is 10.3. The molecule has 0 aliphatic heterocycles. The molecular weight excluding hydrogens is 205 g/mol. The fourth-order valence-corrected chi connectivity index (χ4v) is 1.25. The Hall–Kier alpha value is -1.23. The predicted octanol–water partition coefficient (Wildman–Crippen LogP) is 1.83. The van der Waals surface area contributed by atoms with Crippen molar-refractivity contribution in [2.24, 2.45) is 0 Å². The van der Waals surface area contributed by atoms with Gasteiger partial charge in [-0.2, -0.15) is 11.8 Å². The first kappa shape index (κ1) is 10.8. The summed E-state index contributed by atoms with van der Waals surface area (Å²) < 4.78 is 12.8. The van der Waals surface area contributed by atoms with E-state index in [1.165, 1.54) is 23.9 Å². The molecule has 0 saturated carbocycles. The predicted molar refractivity (Wildman–Crippen MR) is 55.1 cm³/mol. The van der Waals surface area contributed by atoms with Crippen molar-refractivity contribution in [3.8, 4) is 5.75 Å². The molecule has 0 heterocycles. The van der Waals surface area contributed by atoms with E-state index in [2.05, 4.69) is 5.32 Å². The van der Waals surface area contributed by atoms with Gasteiger partial charge in [0, 0.05) is 11.8 Å². The first-order valence-corrected chi connectivity index (χ1v) is 5.30. The van der Waals surface area contributed by atoms with Gasteiger partial charge in [-0.05, 0) is 18.4 Å². The summed E-state index contributed by atoms with van der Waals surface area (Å²) in [6, 6.07) is 3.72. The highest BCUT2D eigenvalue weighted by atomic mass is 32.2. The summed E-state index contributed by atoms with van der Waals surface area (Å²) in [6.45, 7) is 0. The van der Waals surface area contributed by atoms with Crippen molar-refractivity contribution in [3.63, 3.8) is 0 Å². The largest absolute Gasteiger partial charge is 0.505 e. The number of benzene rings is 1. The van der Waals surface area contributed by atoms with E-state index in [0.717, 1.165) is 6.07 Å². The van der Waals surface area contributed by atoms with Crippen molar-refractivity contribution in [3.05, 3.63) is 24.0 Å². The van der Waals surface area contributed by atoms with Crippen molar-refractivity contribution in [1.82, 2.24) is 0 Å². The summed E-state index contributed by atoms with van der Waals surface area (Å²) >= 11 is 1.38. The number of aromatic hydroxyl groups is 1. The molecule has 0 bridgehead atoms. The second-order valence-corrected chi connectivity index (χ2v) is 3.51. The first-order chi connectivity index (χ1) is 6.63. The van der Waals surface area contributed by atoms with E-state index in [1.807, 2.05) is 0 Å². The zero-order valence-corrected chi connectivity index (χ0v) is 8.40. The minimum atomic E-state index is -0.744. The van der Waals surface area contributed by atoms with E-state index >= 15 is 0 Å². The smallest absolute Gasteiger partial charge is 0.234 e. The van der Waals surface area contributed by atoms with Gasteiger partial charge < -0.3 is 10.4 Å². The third-order valence-corrected chi connectivity index (χ3v) is 2.06. The molecule has 1 rings (SSSR count). The first-order valence-electron chi connectivity index (χ1n) is 3.91. The third kappa shape index (κ3) is 2.92. The number of amides is 1. The van der Waals surface area contributed by atoms with Crippen LogP contribution in [0.1, 0.15) is 0 Å². The number of phenolic OH excluding ortho intramolecular Hbond substituents is 1. The average molecular weight is 215 g/mol. The second kappa shape index (κ2) is 4.85. The molecule has 1 aromatic rings. The molecule has 0 saturated heterocycles. The van der Waals surface area contributed by atoms with E-state index in [4.69, 9.17) is 5.11 Å². The molecule has 3 nitrogen and oxygen atoms in total. The number of anilines is 1. The van der Waals surface area contributed by atoms with E-state index in [-0.39, 0.29) is 5.91 Å². The van der Waals surface area contributed by atoms with E-state index in [1.54, 1.807) is 6.26 Å². The molecule has 2 N–H and O–H groups in total. The van der Waals surface area contributed by atoms with Crippen molar-refractivity contribution >= 4 is 23.4 Å². The van der Waals surface area contributed by atoms with E-state index in [9.17, 15) is 9.18 Å². The number of carbonyl (C=O) groups is 1. The fourth-order valence-electron chi connectivity index (χ4n) is 0.913. The van der Waals surface area contributed by atoms with Gasteiger partial charge in [-0.15, -0.1) is 0 Å². The minimum absolute atomic E-state index is 0.192. The molecule has 1 amide bonds. The lowest BCUT2D eigenvalue weighted by molar-refractivity contribution is -0.113. The molecule has 0 atom stereocenters. The van der Waals surface area contributed by atoms with Crippen LogP contribution in [0, 0.1) is 5.82 Å². The number of halogens is 1. The maximum atomic E-state index is 12.8. The quantitative estimate of drug-likeness (QED) is 0.756. The van der Waals surface area contributed by atoms with Crippen molar-refractivity contribution < 1.29 is 14.3 Å². The Kier molecular flexibility index (Phi) is 3.76. The Morgan fingerprint density at radius 3 is 2.93 bits per heavy atom. The fraction of sp³-hybridized carbons (Fsp3) is 0.222. The van der Waals surface area contributed by atoms with Gasteiger partial charge in [0.15, 0.2) is 11.6 Å². The van der Waals surface area contributed by atoms with Crippen LogP contribution in [0.5, 0.6) is 5.75 Å². The number of rotatable bonds is 3. The molecule has 76 valence electrons. The second-order valence-electron chi connectivity index (χ2n) is 2.65. The average Bonchev–Trinajstić information content (AvgIpc) is 2.12. The molecule has 14 heavy (non-hydrogen) atoms. The van der Waals surface area contributed by atoms with Crippen LogP contribution in [0.25, 0.3) is 0 Å². The maximum Gasteiger partial charge on any atom is 0.234 e. The van der Waals surface area contributed by atoms with Crippen LogP contribution in [0.2, 0.25) is 0 Å². The summed E-state index contributed by atoms with van der Waals surface area (Å²) in [6.07, 6.45) is 1.80. The Labute approximate surface area is 85.3 Å². The maximum absolute atomic E-state index is 12.8. The highest BCUT2D eigenvalue weighted by molar-refractivity contribution is 7.99. The molecule has 0 radical (unpaired) electrons. The number of hydrogen-bond donors (Lipinski definition) is 2. The zero-order valence-electron chi connectivity index (χ0n) is 7.58. The number of carbonyl (C=O) groups excluding carboxylic acids is 1. The summed E-state index contributed by atoms with van der Waals surface area (Å²) in [7, 11) is 0. The monoisotopic (exact) mass is 215 g/mol. The molecule has 0 fully saturated rings. The van der Waals surface area contributed by atoms with Gasteiger partial charge in [0.05, 0.1) is 5.75 Å². The van der Waals surface area contributed by atoms with Gasteiger partial charge >= 0.3 is 0 Å². The van der Waals surface area contributed by atoms with E-state index < -0.39 is 11.6 Å². The topological polar surface area (TPSA) is 49.3 Å². The Morgan fingerprint density at radius 2 is 2.36 bits per heavy atom. The van der Waals surface area contributed by atoms with Crippen molar-refractivity contribution in [1.29, 1.82) is 0 Å². The van der Waals surface area contributed by atoms with Crippen LogP contribution in [0.4, 0.5) is 10.1 Å². The summed E-state index contributed by atoms with van der Waals surface area (Å²) in [5, 5.41) is 11.4. The van der Waals surface area contributed by atoms with E-state index in [0.29, 0.717) is 11.4 Å². The molecule has 1 aromatic carbocycles. The standard InChI is InChI=1S/C9H10FNO2S/c1-14-5-9(13)11-6-2-3-8(12)7(10)4-6/h2-4,12H,5H2,1H3,(H,11,13). The third-order valence-electron chi connectivity index (χ3n) is 1.51. The van der Waals surface area contributed by atoms with Crippen molar-refractivity contribution in [2.75, 3.05) is 17.3 Å². The van der Waals surface area contributed by atoms with Crippen LogP contribution >= 0.6 is 11.8 Å². The van der Waals surface area contributed by atoms with Gasteiger partial charge in [-0.3, -0.25) is 4.79 Å². The lowest BCUT2D eigenvalue weighted by Gasteiger charge is -2.04.